The van der Waals surface area contributed by atoms with E-state index in [-0.39, 0.29) is 23.6 Å². The quantitative estimate of drug-likeness (QED) is 0.404. The largest absolute Gasteiger partial charge is 0.337 e. The van der Waals surface area contributed by atoms with Crippen LogP contribution in [0.5, 0.6) is 0 Å². The van der Waals surface area contributed by atoms with Crippen molar-refractivity contribution in [2.45, 2.75) is 63.8 Å². The number of hydrogen-bond donors (Lipinski definition) is 0. The van der Waals surface area contributed by atoms with Crippen molar-refractivity contribution < 1.29 is 4.79 Å². The average Bonchev–Trinajstić information content (AvgIpc) is 3.36. The van der Waals surface area contributed by atoms with Gasteiger partial charge in [0.15, 0.2) is 5.16 Å². The fourth-order valence-corrected chi connectivity index (χ4v) is 6.86. The summed E-state index contributed by atoms with van der Waals surface area (Å²) in [7, 11) is 0. The topological polar surface area (TPSA) is 55.2 Å². The van der Waals surface area contributed by atoms with E-state index in [1.807, 2.05) is 34.7 Å². The summed E-state index contributed by atoms with van der Waals surface area (Å²) in [6.45, 7) is 6.74. The Morgan fingerprint density at radius 2 is 2.03 bits per heavy atom. The first-order chi connectivity index (χ1) is 14.0. The fourth-order valence-electron chi connectivity index (χ4n) is 4.12. The molecule has 0 radical (unpaired) electrons. The highest BCUT2D eigenvalue weighted by atomic mass is 32.2. The third-order valence-corrected chi connectivity index (χ3v) is 8.30. The molecule has 3 aromatic heterocycles. The van der Waals surface area contributed by atoms with Crippen molar-refractivity contribution in [1.82, 2.24) is 14.5 Å². The Labute approximate surface area is 182 Å². The first-order valence-corrected chi connectivity index (χ1v) is 12.8. The molecule has 8 heteroatoms. The van der Waals surface area contributed by atoms with Crippen LogP contribution in [0.15, 0.2) is 32.8 Å². The summed E-state index contributed by atoms with van der Waals surface area (Å²) < 4.78 is 1.70. The van der Waals surface area contributed by atoms with Crippen LogP contribution in [0.2, 0.25) is 0 Å². The van der Waals surface area contributed by atoms with Crippen LogP contribution in [0.25, 0.3) is 20.7 Å². The second-order valence-electron chi connectivity index (χ2n) is 7.47. The molecule has 2 unspecified atom stereocenters. The van der Waals surface area contributed by atoms with E-state index in [0.717, 1.165) is 28.1 Å². The molecule has 154 valence electrons. The molecule has 1 aliphatic rings. The molecule has 0 N–H and O–H groups in total. The predicted molar refractivity (Wildman–Crippen MR) is 123 cm³/mol. The minimum absolute atomic E-state index is 0.0168. The van der Waals surface area contributed by atoms with Gasteiger partial charge in [-0.15, -0.1) is 22.7 Å². The zero-order valence-corrected chi connectivity index (χ0v) is 19.3. The van der Waals surface area contributed by atoms with Crippen molar-refractivity contribution in [2.24, 2.45) is 0 Å². The van der Waals surface area contributed by atoms with Gasteiger partial charge in [0.05, 0.1) is 11.1 Å². The molecule has 1 aliphatic heterocycles. The fraction of sp³-hybridized carbons (Fsp3) is 0.476. The van der Waals surface area contributed by atoms with Crippen molar-refractivity contribution in [3.8, 4) is 10.4 Å². The number of hydrogen-bond acceptors (Lipinski definition) is 6. The van der Waals surface area contributed by atoms with Crippen LogP contribution in [0.1, 0.15) is 40.0 Å². The van der Waals surface area contributed by atoms with Crippen LogP contribution in [0, 0.1) is 0 Å². The molecule has 4 rings (SSSR count). The van der Waals surface area contributed by atoms with Gasteiger partial charge in [0, 0.05) is 34.4 Å². The van der Waals surface area contributed by atoms with Crippen LogP contribution in [-0.2, 0) is 11.3 Å². The molecule has 0 aromatic carbocycles. The van der Waals surface area contributed by atoms with Crippen molar-refractivity contribution in [3.63, 3.8) is 0 Å². The third-order valence-electron chi connectivity index (χ3n) is 5.57. The van der Waals surface area contributed by atoms with Crippen molar-refractivity contribution in [2.75, 3.05) is 5.75 Å². The molecule has 1 amide bonds. The number of piperidine rings is 1. The van der Waals surface area contributed by atoms with Gasteiger partial charge in [0.25, 0.3) is 5.56 Å². The number of rotatable bonds is 5. The Bertz CT molecular complexity index is 1060. The van der Waals surface area contributed by atoms with Gasteiger partial charge in [0.1, 0.15) is 4.83 Å². The molecule has 5 nitrogen and oxygen atoms in total. The summed E-state index contributed by atoms with van der Waals surface area (Å²) in [5, 5.41) is 5.36. The Hall–Kier alpha value is -1.64. The maximum absolute atomic E-state index is 13.2. The lowest BCUT2D eigenvalue weighted by Gasteiger charge is -2.39. The number of carbonyl (C=O) groups is 1. The summed E-state index contributed by atoms with van der Waals surface area (Å²) in [5.41, 5.74) is 0.945. The molecule has 3 aromatic rings. The van der Waals surface area contributed by atoms with E-state index in [4.69, 9.17) is 4.98 Å². The predicted octanol–water partition coefficient (Wildman–Crippen LogP) is 5.09. The molecule has 2 atom stereocenters. The third kappa shape index (κ3) is 3.90. The number of amides is 1. The second kappa shape index (κ2) is 8.62. The molecular formula is C21H25N3O2S3. The number of nitrogens with zero attached hydrogens (tertiary/aromatic N) is 3. The molecule has 0 bridgehead atoms. The molecule has 1 fully saturated rings. The van der Waals surface area contributed by atoms with Crippen molar-refractivity contribution in [3.05, 3.63) is 33.2 Å². The highest BCUT2D eigenvalue weighted by molar-refractivity contribution is 7.99. The summed E-state index contributed by atoms with van der Waals surface area (Å²) in [6, 6.07) is 4.58. The smallest absolute Gasteiger partial charge is 0.263 e. The normalized spacial score (nSPS) is 19.8. The maximum Gasteiger partial charge on any atom is 0.263 e. The zero-order valence-electron chi connectivity index (χ0n) is 16.9. The Morgan fingerprint density at radius 3 is 2.69 bits per heavy atom. The number of thioether (sulfide) groups is 1. The highest BCUT2D eigenvalue weighted by Gasteiger charge is 2.29. The van der Waals surface area contributed by atoms with Gasteiger partial charge in [-0.05, 0) is 51.5 Å². The summed E-state index contributed by atoms with van der Waals surface area (Å²) >= 11 is 4.51. The standard InChI is InChI=1S/C21H25N3O2S3/c1-4-23-20(26)18-15(16-9-6-10-27-16)11-28-19(18)22-21(23)29-12-17(25)24-13(2)7-5-8-14(24)3/h6,9-11,13-14H,4-5,7-8,12H2,1-3H3. The number of likely N-dealkylation sites (tertiary alicyclic amines) is 1. The van der Waals surface area contributed by atoms with Crippen LogP contribution < -0.4 is 5.56 Å². The van der Waals surface area contributed by atoms with E-state index in [1.165, 1.54) is 29.5 Å². The minimum Gasteiger partial charge on any atom is -0.337 e. The van der Waals surface area contributed by atoms with Crippen LogP contribution >= 0.6 is 34.4 Å². The zero-order chi connectivity index (χ0) is 20.5. The van der Waals surface area contributed by atoms with E-state index in [2.05, 4.69) is 13.8 Å². The number of aromatic nitrogens is 2. The van der Waals surface area contributed by atoms with E-state index in [1.54, 1.807) is 15.9 Å². The van der Waals surface area contributed by atoms with E-state index in [9.17, 15) is 9.59 Å². The van der Waals surface area contributed by atoms with Crippen LogP contribution in [-0.4, -0.2) is 38.2 Å². The van der Waals surface area contributed by atoms with E-state index >= 15 is 0 Å². The number of thiophene rings is 2. The molecule has 0 aliphatic carbocycles. The van der Waals surface area contributed by atoms with Crippen molar-refractivity contribution >= 4 is 50.6 Å². The highest BCUT2D eigenvalue weighted by Crippen LogP contribution is 2.34. The first-order valence-electron chi connectivity index (χ1n) is 10.0. The van der Waals surface area contributed by atoms with E-state index < -0.39 is 0 Å². The van der Waals surface area contributed by atoms with Gasteiger partial charge in [-0.2, -0.15) is 0 Å². The van der Waals surface area contributed by atoms with Gasteiger partial charge in [-0.1, -0.05) is 17.8 Å². The molecule has 0 saturated carbocycles. The van der Waals surface area contributed by atoms with Gasteiger partial charge in [-0.25, -0.2) is 4.98 Å². The monoisotopic (exact) mass is 447 g/mol. The van der Waals surface area contributed by atoms with Gasteiger partial charge >= 0.3 is 0 Å². The minimum atomic E-state index is -0.0168. The van der Waals surface area contributed by atoms with Crippen LogP contribution in [0.4, 0.5) is 0 Å². The van der Waals surface area contributed by atoms with Crippen molar-refractivity contribution in [1.29, 1.82) is 0 Å². The number of carbonyl (C=O) groups excluding carboxylic acids is 1. The Kier molecular flexibility index (Phi) is 6.13. The van der Waals surface area contributed by atoms with Gasteiger partial charge in [0.2, 0.25) is 5.91 Å². The summed E-state index contributed by atoms with van der Waals surface area (Å²) in [5.74, 6) is 0.452. The van der Waals surface area contributed by atoms with Gasteiger partial charge < -0.3 is 4.90 Å². The molecule has 29 heavy (non-hydrogen) atoms. The van der Waals surface area contributed by atoms with Gasteiger partial charge in [-0.3, -0.25) is 14.2 Å². The SMILES string of the molecule is CCn1c(SCC(=O)N2C(C)CCCC2C)nc2scc(-c3cccs3)c2c1=O. The molecular weight excluding hydrogens is 422 g/mol. The number of fused-ring (bicyclic) bond motifs is 1. The average molecular weight is 448 g/mol. The molecule has 4 heterocycles. The lowest BCUT2D eigenvalue weighted by molar-refractivity contribution is -0.134. The summed E-state index contributed by atoms with van der Waals surface area (Å²) in [6.07, 6.45) is 3.30. The lowest BCUT2D eigenvalue weighted by Crippen LogP contribution is -2.48. The second-order valence-corrected chi connectivity index (χ2v) is 10.2. The first kappa shape index (κ1) is 20.6. The summed E-state index contributed by atoms with van der Waals surface area (Å²) in [4.78, 5) is 34.7. The van der Waals surface area contributed by atoms with E-state index in [0.29, 0.717) is 22.8 Å². The maximum atomic E-state index is 13.2. The van der Waals surface area contributed by atoms with Crippen LogP contribution in [0.3, 0.4) is 0 Å². The Morgan fingerprint density at radius 1 is 1.28 bits per heavy atom. The molecule has 0 spiro atoms. The lowest BCUT2D eigenvalue weighted by atomic mass is 9.98. The Balaban J connectivity index is 1.63. The molecule has 1 saturated heterocycles.